The summed E-state index contributed by atoms with van der Waals surface area (Å²) in [6.07, 6.45) is -0.746. The molecule has 2 unspecified atom stereocenters. The first-order valence-corrected chi connectivity index (χ1v) is 11.2. The van der Waals surface area contributed by atoms with Crippen molar-refractivity contribution in [3.63, 3.8) is 0 Å². The van der Waals surface area contributed by atoms with Gasteiger partial charge in [0.25, 0.3) is 0 Å². The molecular formula is C22H33IN4O4S. The van der Waals surface area contributed by atoms with Crippen LogP contribution in [-0.2, 0) is 4.74 Å². The van der Waals surface area contributed by atoms with Crippen LogP contribution in [0.4, 0.5) is 0 Å². The van der Waals surface area contributed by atoms with E-state index in [4.69, 9.17) is 9.47 Å². The lowest BCUT2D eigenvalue weighted by atomic mass is 10.2. The number of benzene rings is 1. The molecule has 1 aromatic carbocycles. The second-order valence-corrected chi connectivity index (χ2v) is 8.08. The van der Waals surface area contributed by atoms with E-state index in [0.717, 1.165) is 16.3 Å². The van der Waals surface area contributed by atoms with Crippen LogP contribution in [0.1, 0.15) is 52.7 Å². The van der Waals surface area contributed by atoms with Crippen molar-refractivity contribution < 1.29 is 19.4 Å². The van der Waals surface area contributed by atoms with Crippen LogP contribution < -0.4 is 15.4 Å². The van der Waals surface area contributed by atoms with E-state index < -0.39 is 6.10 Å². The van der Waals surface area contributed by atoms with Crippen molar-refractivity contribution in [3.8, 4) is 5.75 Å². The molecule has 0 saturated carbocycles. The number of carbonyl (C=O) groups excluding carboxylic acids is 1. The van der Waals surface area contributed by atoms with E-state index in [2.05, 4.69) is 20.6 Å². The Labute approximate surface area is 210 Å². The zero-order valence-electron chi connectivity index (χ0n) is 19.2. The van der Waals surface area contributed by atoms with Gasteiger partial charge in [0.05, 0.1) is 24.9 Å². The summed E-state index contributed by atoms with van der Waals surface area (Å²) in [5.41, 5.74) is 1.75. The fourth-order valence-corrected chi connectivity index (χ4v) is 3.69. The maximum absolute atomic E-state index is 12.0. The summed E-state index contributed by atoms with van der Waals surface area (Å²) in [5, 5.41) is 17.4. The van der Waals surface area contributed by atoms with Gasteiger partial charge < -0.3 is 25.2 Å². The quantitative estimate of drug-likeness (QED) is 0.172. The number of aliphatic imine (C=N–C) groups is 1. The van der Waals surface area contributed by atoms with Gasteiger partial charge in [0.15, 0.2) is 5.96 Å². The predicted octanol–water partition coefficient (Wildman–Crippen LogP) is 3.61. The standard InChI is InChI=1S/C22H32N4O4S.HI/c1-6-23-22(24-12-17(27)13-30-18-10-8-9-14(3)11-18)26-16(5)20-25-15(4)19(31-20)21(28)29-7-2;/h8-11,16-17,27H,6-7,12-13H2,1-5H3,(H2,23,24,26);1H. The lowest BCUT2D eigenvalue weighted by molar-refractivity contribution is 0.0531. The van der Waals surface area contributed by atoms with E-state index in [0.29, 0.717) is 29.7 Å². The third-order valence-electron chi connectivity index (χ3n) is 4.23. The number of esters is 1. The lowest BCUT2D eigenvalue weighted by Gasteiger charge is -2.17. The highest BCUT2D eigenvalue weighted by Gasteiger charge is 2.20. The number of halogens is 1. The summed E-state index contributed by atoms with van der Waals surface area (Å²) in [6, 6.07) is 7.51. The molecule has 0 amide bonds. The van der Waals surface area contributed by atoms with Crippen molar-refractivity contribution in [1.29, 1.82) is 0 Å². The van der Waals surface area contributed by atoms with Crippen molar-refractivity contribution in [2.75, 3.05) is 26.3 Å². The Kier molecular flexibility index (Phi) is 12.5. The highest BCUT2D eigenvalue weighted by Crippen LogP contribution is 2.24. The molecule has 2 rings (SSSR count). The molecule has 2 aromatic rings. The highest BCUT2D eigenvalue weighted by molar-refractivity contribution is 14.0. The molecule has 32 heavy (non-hydrogen) atoms. The molecule has 3 N–H and O–H groups in total. The summed E-state index contributed by atoms with van der Waals surface area (Å²) in [7, 11) is 0. The number of carbonyl (C=O) groups is 1. The van der Waals surface area contributed by atoms with E-state index in [1.54, 1.807) is 13.8 Å². The third kappa shape index (κ3) is 8.91. The van der Waals surface area contributed by atoms with Gasteiger partial charge in [0.2, 0.25) is 0 Å². The van der Waals surface area contributed by atoms with Crippen LogP contribution in [-0.4, -0.2) is 54.4 Å². The van der Waals surface area contributed by atoms with Crippen LogP contribution in [0.25, 0.3) is 0 Å². The molecule has 1 heterocycles. The second kappa shape index (κ2) is 14.3. The normalized spacial score (nSPS) is 13.0. The molecule has 10 heteroatoms. The number of hydrogen-bond acceptors (Lipinski definition) is 7. The molecule has 8 nitrogen and oxygen atoms in total. The predicted molar refractivity (Wildman–Crippen MR) is 138 cm³/mol. The summed E-state index contributed by atoms with van der Waals surface area (Å²) < 4.78 is 10.7. The highest BCUT2D eigenvalue weighted by atomic mass is 127. The molecular weight excluding hydrogens is 543 g/mol. The molecule has 2 atom stereocenters. The average molecular weight is 577 g/mol. The molecule has 0 aliphatic rings. The van der Waals surface area contributed by atoms with Crippen LogP contribution in [0.15, 0.2) is 29.3 Å². The van der Waals surface area contributed by atoms with Crippen molar-refractivity contribution in [2.45, 2.75) is 46.8 Å². The Morgan fingerprint density at radius 2 is 2.06 bits per heavy atom. The number of thiazole rings is 1. The molecule has 0 aliphatic carbocycles. The zero-order valence-corrected chi connectivity index (χ0v) is 22.3. The van der Waals surface area contributed by atoms with Crippen LogP contribution in [0.5, 0.6) is 5.75 Å². The van der Waals surface area contributed by atoms with Gasteiger partial charge in [0, 0.05) is 6.54 Å². The number of aryl methyl sites for hydroxylation is 2. The summed E-state index contributed by atoms with van der Waals surface area (Å²) in [5.74, 6) is 0.918. The smallest absolute Gasteiger partial charge is 0.350 e. The Morgan fingerprint density at radius 1 is 1.31 bits per heavy atom. The van der Waals surface area contributed by atoms with Crippen LogP contribution in [0, 0.1) is 13.8 Å². The number of hydrogen-bond donors (Lipinski definition) is 3. The first-order valence-electron chi connectivity index (χ1n) is 10.4. The summed E-state index contributed by atoms with van der Waals surface area (Å²) in [4.78, 5) is 21.5. The number of guanidine groups is 1. The third-order valence-corrected chi connectivity index (χ3v) is 5.55. The van der Waals surface area contributed by atoms with Crippen molar-refractivity contribution in [3.05, 3.63) is 45.4 Å². The number of nitrogens with one attached hydrogen (secondary N) is 2. The van der Waals surface area contributed by atoms with E-state index in [9.17, 15) is 9.90 Å². The number of aromatic nitrogens is 1. The minimum absolute atomic E-state index is 0. The van der Waals surface area contributed by atoms with Gasteiger partial charge >= 0.3 is 5.97 Å². The molecule has 0 fully saturated rings. The van der Waals surface area contributed by atoms with Crippen molar-refractivity contribution >= 4 is 47.2 Å². The molecule has 178 valence electrons. The number of aliphatic hydroxyl groups excluding tert-OH is 1. The fraction of sp³-hybridized carbons (Fsp3) is 0.500. The second-order valence-electron chi connectivity index (χ2n) is 7.05. The van der Waals surface area contributed by atoms with E-state index in [1.807, 2.05) is 45.0 Å². The number of aliphatic hydroxyl groups is 1. The first-order chi connectivity index (χ1) is 14.8. The molecule has 0 spiro atoms. The van der Waals surface area contributed by atoms with E-state index >= 15 is 0 Å². The van der Waals surface area contributed by atoms with Gasteiger partial charge in [-0.1, -0.05) is 12.1 Å². The maximum atomic E-state index is 12.0. The van der Waals surface area contributed by atoms with Crippen molar-refractivity contribution in [2.24, 2.45) is 4.99 Å². The first kappa shape index (κ1) is 28.1. The minimum Gasteiger partial charge on any atom is -0.491 e. The Balaban J connectivity index is 0.00000512. The molecule has 0 aliphatic heterocycles. The van der Waals surface area contributed by atoms with E-state index in [-0.39, 0.29) is 49.1 Å². The van der Waals surface area contributed by atoms with Gasteiger partial charge in [-0.25, -0.2) is 9.78 Å². The summed E-state index contributed by atoms with van der Waals surface area (Å²) in [6.45, 7) is 10.8. The topological polar surface area (TPSA) is 105 Å². The van der Waals surface area contributed by atoms with Crippen LogP contribution >= 0.6 is 35.3 Å². The SMILES string of the molecule is CCNC(=NCC(O)COc1cccc(C)c1)NC(C)c1nc(C)c(C(=O)OCC)s1.I. The lowest BCUT2D eigenvalue weighted by Crippen LogP contribution is -2.39. The fourth-order valence-electron chi connectivity index (χ4n) is 2.72. The van der Waals surface area contributed by atoms with Crippen molar-refractivity contribution in [1.82, 2.24) is 15.6 Å². The van der Waals surface area contributed by atoms with Crippen LogP contribution in [0.3, 0.4) is 0 Å². The molecule has 0 saturated heterocycles. The van der Waals surface area contributed by atoms with Gasteiger partial charge in [-0.3, -0.25) is 4.99 Å². The monoisotopic (exact) mass is 576 g/mol. The van der Waals surface area contributed by atoms with Gasteiger partial charge in [0.1, 0.15) is 28.3 Å². The zero-order chi connectivity index (χ0) is 22.8. The number of rotatable bonds is 10. The molecule has 0 radical (unpaired) electrons. The van der Waals surface area contributed by atoms with E-state index in [1.165, 1.54) is 11.3 Å². The molecule has 1 aromatic heterocycles. The Morgan fingerprint density at radius 3 is 2.72 bits per heavy atom. The summed E-state index contributed by atoms with van der Waals surface area (Å²) >= 11 is 1.31. The Hall–Kier alpha value is -1.92. The molecule has 0 bridgehead atoms. The van der Waals surface area contributed by atoms with Gasteiger partial charge in [-0.2, -0.15) is 0 Å². The average Bonchev–Trinajstić information content (AvgIpc) is 3.13. The maximum Gasteiger partial charge on any atom is 0.350 e. The number of nitrogens with zero attached hydrogens (tertiary/aromatic N) is 2. The largest absolute Gasteiger partial charge is 0.491 e. The number of ether oxygens (including phenoxy) is 2. The van der Waals surface area contributed by atoms with Gasteiger partial charge in [-0.15, -0.1) is 35.3 Å². The van der Waals surface area contributed by atoms with Crippen LogP contribution in [0.2, 0.25) is 0 Å². The van der Waals surface area contributed by atoms with Gasteiger partial charge in [-0.05, 0) is 52.3 Å². The minimum atomic E-state index is -0.746. The Bertz CT molecular complexity index is 891.